The Bertz CT molecular complexity index is 1940. The van der Waals surface area contributed by atoms with Gasteiger partial charge in [0.15, 0.2) is 0 Å². The fourth-order valence-corrected chi connectivity index (χ4v) is 7.30. The molecule has 5 heterocycles. The molecule has 2 N–H and O–H groups in total. The fraction of sp³-hybridized carbons (Fsp3) is 0.450. The third-order valence-electron chi connectivity index (χ3n) is 10.2. The number of aromatic nitrogens is 2. The largest absolute Gasteiger partial charge is 0.491 e. The van der Waals surface area contributed by atoms with Gasteiger partial charge in [0.25, 0.3) is 11.8 Å². The number of benzene rings is 2. The number of fused-ring (bicyclic) bond motifs is 4. The molecule has 13 nitrogen and oxygen atoms in total. The Labute approximate surface area is 308 Å². The molecule has 53 heavy (non-hydrogen) atoms. The number of hydrogen-bond acceptors (Lipinski definition) is 10. The van der Waals surface area contributed by atoms with Crippen LogP contribution in [0.3, 0.4) is 0 Å². The van der Waals surface area contributed by atoms with E-state index in [2.05, 4.69) is 45.0 Å². The van der Waals surface area contributed by atoms with Gasteiger partial charge in [0.05, 0.1) is 64.0 Å². The third-order valence-corrected chi connectivity index (χ3v) is 10.2. The Kier molecular flexibility index (Phi) is 12.1. The average Bonchev–Trinajstić information content (AvgIpc) is 3.66. The molecule has 0 saturated carbocycles. The second kappa shape index (κ2) is 17.4. The van der Waals surface area contributed by atoms with E-state index in [-0.39, 0.29) is 17.7 Å². The first-order valence-corrected chi connectivity index (χ1v) is 18.5. The molecule has 0 radical (unpaired) electrons. The van der Waals surface area contributed by atoms with Crippen LogP contribution in [0.15, 0.2) is 67.1 Å². The first-order chi connectivity index (χ1) is 26.0. The van der Waals surface area contributed by atoms with Gasteiger partial charge in [-0.15, -0.1) is 0 Å². The molecular weight excluding hydrogens is 678 g/mol. The molecule has 1 atom stereocenters. The Morgan fingerprint density at radius 3 is 2.17 bits per heavy atom. The molecule has 2 aromatic carbocycles. The number of nitrogens with zero attached hydrogens (tertiary/aromatic N) is 3. The number of carbonyl (C=O) groups is 3. The molecular formula is C40H47N5O8. The number of piperidine rings is 2. The van der Waals surface area contributed by atoms with Gasteiger partial charge < -0.3 is 38.9 Å². The number of likely N-dealkylation sites (tertiary alicyclic amines) is 1. The molecule has 0 bridgehead atoms. The van der Waals surface area contributed by atoms with Crippen LogP contribution in [-0.4, -0.2) is 123 Å². The molecule has 1 unspecified atom stereocenters. The summed E-state index contributed by atoms with van der Waals surface area (Å²) in [6.45, 7) is 11.0. The van der Waals surface area contributed by atoms with E-state index in [1.807, 2.05) is 18.5 Å². The number of hydrogen-bond donors (Lipinski definition) is 2. The number of amides is 3. The normalized spacial score (nSPS) is 18.3. The van der Waals surface area contributed by atoms with E-state index in [4.69, 9.17) is 23.7 Å². The van der Waals surface area contributed by atoms with Crippen LogP contribution in [0.2, 0.25) is 0 Å². The first kappa shape index (κ1) is 36.7. The highest BCUT2D eigenvalue weighted by Gasteiger charge is 2.44. The maximum atomic E-state index is 13.0. The smallest absolute Gasteiger partial charge is 0.262 e. The van der Waals surface area contributed by atoms with E-state index in [1.54, 1.807) is 18.2 Å². The highest BCUT2D eigenvalue weighted by molar-refractivity contribution is 6.23. The van der Waals surface area contributed by atoms with E-state index in [1.165, 1.54) is 21.9 Å². The number of carbonyl (C=O) groups excluding carboxylic acids is 3. The minimum absolute atomic E-state index is 0.231. The topological polar surface area (TPSA) is 145 Å². The number of H-pyrrole nitrogens is 1. The SMILES string of the molecule is C=C1CCC(N2C(=O)c3ccc(OCCOCCOCCOCCOCCN4CCC(c5ccc6c(c5)[nH]c5ccncc56)CC4)cc3C2=O)C(=O)N1. The van der Waals surface area contributed by atoms with Crippen molar-refractivity contribution in [1.29, 1.82) is 0 Å². The van der Waals surface area contributed by atoms with Crippen molar-refractivity contribution in [2.45, 2.75) is 37.6 Å². The van der Waals surface area contributed by atoms with Crippen molar-refractivity contribution in [3.8, 4) is 5.75 Å². The molecule has 3 amide bonds. The van der Waals surface area contributed by atoms with Gasteiger partial charge in [-0.25, -0.2) is 0 Å². The molecule has 3 aliphatic heterocycles. The van der Waals surface area contributed by atoms with Gasteiger partial charge >= 0.3 is 0 Å². The van der Waals surface area contributed by atoms with Crippen molar-refractivity contribution in [2.75, 3.05) is 79.1 Å². The Morgan fingerprint density at radius 2 is 1.43 bits per heavy atom. The van der Waals surface area contributed by atoms with E-state index in [0.717, 1.165) is 42.9 Å². The molecule has 2 saturated heterocycles. The van der Waals surface area contributed by atoms with Crippen LogP contribution in [-0.2, 0) is 23.7 Å². The van der Waals surface area contributed by atoms with Crippen LogP contribution in [0.4, 0.5) is 0 Å². The van der Waals surface area contributed by atoms with Gasteiger partial charge in [0.1, 0.15) is 18.4 Å². The van der Waals surface area contributed by atoms with Crippen molar-refractivity contribution < 1.29 is 38.1 Å². The van der Waals surface area contributed by atoms with Crippen molar-refractivity contribution in [3.63, 3.8) is 0 Å². The lowest BCUT2D eigenvalue weighted by Gasteiger charge is -2.32. The summed E-state index contributed by atoms with van der Waals surface area (Å²) in [4.78, 5) is 49.6. The maximum absolute atomic E-state index is 13.0. The number of imide groups is 1. The molecule has 0 spiro atoms. The summed E-state index contributed by atoms with van der Waals surface area (Å²) in [5, 5.41) is 5.04. The summed E-state index contributed by atoms with van der Waals surface area (Å²) in [7, 11) is 0. The minimum Gasteiger partial charge on any atom is -0.491 e. The number of rotatable bonds is 18. The van der Waals surface area contributed by atoms with Gasteiger partial charge in [-0.05, 0) is 80.6 Å². The van der Waals surface area contributed by atoms with Crippen LogP contribution in [0.5, 0.6) is 5.75 Å². The van der Waals surface area contributed by atoms with Gasteiger partial charge in [-0.2, -0.15) is 0 Å². The highest BCUT2D eigenvalue weighted by Crippen LogP contribution is 2.33. The molecule has 0 aliphatic carbocycles. The van der Waals surface area contributed by atoms with Crippen molar-refractivity contribution >= 4 is 39.5 Å². The molecule has 280 valence electrons. The zero-order chi connectivity index (χ0) is 36.6. The molecule has 13 heteroatoms. The van der Waals surface area contributed by atoms with Crippen LogP contribution in [0.1, 0.15) is 57.9 Å². The predicted octanol–water partition coefficient (Wildman–Crippen LogP) is 4.43. The minimum atomic E-state index is -0.845. The Hall–Kier alpha value is -4.66. The van der Waals surface area contributed by atoms with E-state index in [0.29, 0.717) is 83.1 Å². The highest BCUT2D eigenvalue weighted by atomic mass is 16.6. The summed E-state index contributed by atoms with van der Waals surface area (Å²) < 4.78 is 28.3. The van der Waals surface area contributed by atoms with Crippen molar-refractivity contribution in [1.82, 2.24) is 25.1 Å². The summed E-state index contributed by atoms with van der Waals surface area (Å²) in [6, 6.07) is 12.8. The van der Waals surface area contributed by atoms with Crippen LogP contribution < -0.4 is 10.1 Å². The monoisotopic (exact) mass is 725 g/mol. The molecule has 4 aromatic rings. The van der Waals surface area contributed by atoms with Gasteiger partial charge in [-0.3, -0.25) is 24.3 Å². The molecule has 2 fully saturated rings. The van der Waals surface area contributed by atoms with E-state index < -0.39 is 23.8 Å². The average molecular weight is 726 g/mol. The standard InChI is InChI=1S/C40H47N5O8/c1-27-2-7-37(38(46)42-27)45-39(47)32-6-4-30(25-33(32)40(45)48)53-23-22-52-21-20-51-19-18-50-17-16-49-15-14-44-12-9-28(10-13-44)29-3-5-31-34-26-41-11-8-35(34)43-36(31)24-29/h3-6,8,11,24-26,28,37,43H,1-2,7,9-10,12-23H2,(H,42,46). The van der Waals surface area contributed by atoms with E-state index >= 15 is 0 Å². The second-order valence-electron chi connectivity index (χ2n) is 13.6. The lowest BCUT2D eigenvalue weighted by molar-refractivity contribution is -0.125. The number of allylic oxidation sites excluding steroid dienone is 1. The summed E-state index contributed by atoms with van der Waals surface area (Å²) in [5.74, 6) is -0.333. The van der Waals surface area contributed by atoms with Gasteiger partial charge in [-0.1, -0.05) is 18.7 Å². The van der Waals surface area contributed by atoms with Crippen LogP contribution >= 0.6 is 0 Å². The van der Waals surface area contributed by atoms with Crippen molar-refractivity contribution in [2.24, 2.45) is 0 Å². The summed E-state index contributed by atoms with van der Waals surface area (Å²) in [6.07, 6.45) is 6.93. The summed E-state index contributed by atoms with van der Waals surface area (Å²) >= 11 is 0. The Morgan fingerprint density at radius 1 is 0.736 bits per heavy atom. The first-order valence-electron chi connectivity index (χ1n) is 18.5. The quantitative estimate of drug-likeness (QED) is 0.112. The number of aromatic amines is 1. The van der Waals surface area contributed by atoms with Gasteiger partial charge in [0, 0.05) is 46.4 Å². The molecule has 7 rings (SSSR count). The van der Waals surface area contributed by atoms with Crippen LogP contribution in [0, 0.1) is 0 Å². The molecule has 3 aliphatic rings. The van der Waals surface area contributed by atoms with E-state index in [9.17, 15) is 14.4 Å². The Balaban J connectivity index is 0.677. The number of pyridine rings is 1. The predicted molar refractivity (Wildman–Crippen MR) is 198 cm³/mol. The summed E-state index contributed by atoms with van der Waals surface area (Å²) in [5.41, 5.74) is 4.81. The zero-order valence-corrected chi connectivity index (χ0v) is 30.0. The zero-order valence-electron chi connectivity index (χ0n) is 30.0. The fourth-order valence-electron chi connectivity index (χ4n) is 7.30. The molecule has 2 aromatic heterocycles. The second-order valence-corrected chi connectivity index (χ2v) is 13.6. The maximum Gasteiger partial charge on any atom is 0.262 e. The van der Waals surface area contributed by atoms with Crippen molar-refractivity contribution in [3.05, 3.63) is 83.8 Å². The lowest BCUT2D eigenvalue weighted by atomic mass is 9.89. The lowest BCUT2D eigenvalue weighted by Crippen LogP contribution is -2.51. The number of nitrogens with one attached hydrogen (secondary N) is 2. The third kappa shape index (κ3) is 8.77. The van der Waals surface area contributed by atoms with Gasteiger partial charge in [0.2, 0.25) is 5.91 Å². The van der Waals surface area contributed by atoms with Crippen LogP contribution in [0.25, 0.3) is 21.8 Å². The number of ether oxygens (including phenoxy) is 5.